The molecular formula is C22H28N2O. The molecule has 1 unspecified atom stereocenters. The van der Waals surface area contributed by atoms with Crippen molar-refractivity contribution in [2.45, 2.75) is 63.8 Å². The van der Waals surface area contributed by atoms with Crippen LogP contribution in [0.3, 0.4) is 0 Å². The largest absolute Gasteiger partial charge is 0.356 e. The van der Waals surface area contributed by atoms with Crippen molar-refractivity contribution in [3.05, 3.63) is 35.5 Å². The molecule has 3 nitrogen and oxygen atoms in total. The molecule has 132 valence electrons. The van der Waals surface area contributed by atoms with E-state index in [4.69, 9.17) is 0 Å². The van der Waals surface area contributed by atoms with Gasteiger partial charge in [-0.3, -0.25) is 4.79 Å². The van der Waals surface area contributed by atoms with Crippen molar-refractivity contribution in [1.29, 1.82) is 0 Å². The highest BCUT2D eigenvalue weighted by molar-refractivity contribution is 5.86. The lowest BCUT2D eigenvalue weighted by atomic mass is 9.75. The number of hydrogen-bond acceptors (Lipinski definition) is 1. The van der Waals surface area contributed by atoms with Crippen LogP contribution in [0.15, 0.2) is 24.3 Å². The topological polar surface area (TPSA) is 36.1 Å². The van der Waals surface area contributed by atoms with Gasteiger partial charge in [0.15, 0.2) is 0 Å². The number of nitrogens with zero attached hydrogens (tertiary/aromatic N) is 1. The molecule has 5 rings (SSSR count). The van der Waals surface area contributed by atoms with E-state index in [-0.39, 0.29) is 5.92 Å². The first-order chi connectivity index (χ1) is 12.3. The molecular weight excluding hydrogens is 308 g/mol. The summed E-state index contributed by atoms with van der Waals surface area (Å²) in [6.45, 7) is 0.908. The second-order valence-electron chi connectivity index (χ2n) is 8.32. The Bertz CT molecular complexity index is 782. The van der Waals surface area contributed by atoms with Crippen LogP contribution in [0, 0.1) is 11.8 Å². The molecule has 2 fully saturated rings. The van der Waals surface area contributed by atoms with Gasteiger partial charge in [0.05, 0.1) is 6.04 Å². The van der Waals surface area contributed by atoms with E-state index in [0.29, 0.717) is 17.9 Å². The lowest BCUT2D eigenvalue weighted by Crippen LogP contribution is -2.47. The Morgan fingerprint density at radius 3 is 2.56 bits per heavy atom. The van der Waals surface area contributed by atoms with Gasteiger partial charge < -0.3 is 9.88 Å². The van der Waals surface area contributed by atoms with Gasteiger partial charge in [-0.1, -0.05) is 43.9 Å². The first-order valence-corrected chi connectivity index (χ1v) is 10.2. The number of carbonyl (C=O) groups excluding carboxylic acids is 1. The number of amides is 1. The summed E-state index contributed by atoms with van der Waals surface area (Å²) in [6, 6.07) is 8.95. The molecule has 3 aliphatic rings. The summed E-state index contributed by atoms with van der Waals surface area (Å²) in [5.41, 5.74) is 4.06. The number of aromatic amines is 1. The molecule has 1 aromatic carbocycles. The van der Waals surface area contributed by atoms with E-state index in [9.17, 15) is 4.79 Å². The summed E-state index contributed by atoms with van der Waals surface area (Å²) < 4.78 is 0. The molecule has 1 aliphatic heterocycles. The lowest BCUT2D eigenvalue weighted by molar-refractivity contribution is -0.142. The van der Waals surface area contributed by atoms with E-state index in [1.54, 1.807) is 0 Å². The van der Waals surface area contributed by atoms with E-state index >= 15 is 0 Å². The summed E-state index contributed by atoms with van der Waals surface area (Å²) in [4.78, 5) is 19.3. The fourth-order valence-corrected chi connectivity index (χ4v) is 5.35. The molecule has 1 N–H and O–H groups in total. The smallest absolute Gasteiger partial charge is 0.226 e. The van der Waals surface area contributed by atoms with Crippen LogP contribution in [0.25, 0.3) is 10.9 Å². The fraction of sp³-hybridized carbons (Fsp3) is 0.591. The number of para-hydroxylation sites is 1. The van der Waals surface area contributed by atoms with Gasteiger partial charge in [0.2, 0.25) is 5.91 Å². The van der Waals surface area contributed by atoms with Crippen molar-refractivity contribution in [3.63, 3.8) is 0 Å². The number of H-pyrrole nitrogens is 1. The Morgan fingerprint density at radius 2 is 1.80 bits per heavy atom. The molecule has 25 heavy (non-hydrogen) atoms. The third-order valence-electron chi connectivity index (χ3n) is 6.91. The number of benzene rings is 1. The highest BCUT2D eigenvalue weighted by Crippen LogP contribution is 2.46. The van der Waals surface area contributed by atoms with Crippen LogP contribution < -0.4 is 0 Å². The third-order valence-corrected chi connectivity index (χ3v) is 6.91. The summed E-state index contributed by atoms with van der Waals surface area (Å²) in [5.74, 6) is 1.38. The van der Waals surface area contributed by atoms with Crippen LogP contribution in [-0.4, -0.2) is 22.3 Å². The van der Waals surface area contributed by atoms with Crippen molar-refractivity contribution in [2.24, 2.45) is 11.8 Å². The molecule has 1 atom stereocenters. The molecule has 0 radical (unpaired) electrons. The zero-order chi connectivity index (χ0) is 16.8. The van der Waals surface area contributed by atoms with E-state index in [2.05, 4.69) is 34.1 Å². The van der Waals surface area contributed by atoms with Crippen molar-refractivity contribution in [3.8, 4) is 0 Å². The molecule has 1 amide bonds. The van der Waals surface area contributed by atoms with Crippen LogP contribution in [-0.2, 0) is 11.2 Å². The van der Waals surface area contributed by atoms with Crippen LogP contribution in [0.1, 0.15) is 68.7 Å². The van der Waals surface area contributed by atoms with Gasteiger partial charge in [0, 0.05) is 29.1 Å². The molecule has 2 heterocycles. The molecule has 0 spiro atoms. The standard InChI is InChI=1S/C22H28N2O/c25-22(16-7-2-1-3-8-16)24-14-13-18-17-11-4-5-12-19(17)23-20(18)21(24)15-9-6-10-15/h4-5,11-12,15-16,21,23H,1-3,6-10,13-14H2. The zero-order valence-electron chi connectivity index (χ0n) is 15.0. The molecule has 1 aromatic heterocycles. The first-order valence-electron chi connectivity index (χ1n) is 10.2. The zero-order valence-corrected chi connectivity index (χ0v) is 15.0. The lowest BCUT2D eigenvalue weighted by Gasteiger charge is -2.45. The summed E-state index contributed by atoms with van der Waals surface area (Å²) in [7, 11) is 0. The van der Waals surface area contributed by atoms with Gasteiger partial charge in [0.25, 0.3) is 0 Å². The minimum atomic E-state index is 0.280. The van der Waals surface area contributed by atoms with Crippen molar-refractivity contribution in [1.82, 2.24) is 9.88 Å². The highest BCUT2D eigenvalue weighted by atomic mass is 16.2. The van der Waals surface area contributed by atoms with Gasteiger partial charge in [-0.2, -0.15) is 0 Å². The maximum absolute atomic E-state index is 13.3. The van der Waals surface area contributed by atoms with Crippen LogP contribution in [0.4, 0.5) is 0 Å². The average Bonchev–Trinajstić information content (AvgIpc) is 3.00. The van der Waals surface area contributed by atoms with Crippen LogP contribution in [0.2, 0.25) is 0 Å². The maximum atomic E-state index is 13.3. The van der Waals surface area contributed by atoms with Gasteiger partial charge in [0.1, 0.15) is 0 Å². The Balaban J connectivity index is 1.53. The van der Waals surface area contributed by atoms with Crippen molar-refractivity contribution >= 4 is 16.8 Å². The predicted octanol–water partition coefficient (Wildman–Crippen LogP) is 4.97. The van der Waals surface area contributed by atoms with Crippen LogP contribution >= 0.6 is 0 Å². The number of fused-ring (bicyclic) bond motifs is 3. The van der Waals surface area contributed by atoms with Crippen molar-refractivity contribution < 1.29 is 4.79 Å². The molecule has 2 aromatic rings. The number of rotatable bonds is 2. The number of aromatic nitrogens is 1. The Kier molecular flexibility index (Phi) is 3.83. The predicted molar refractivity (Wildman–Crippen MR) is 100 cm³/mol. The fourth-order valence-electron chi connectivity index (χ4n) is 5.35. The molecule has 2 aliphatic carbocycles. The quantitative estimate of drug-likeness (QED) is 0.825. The monoisotopic (exact) mass is 336 g/mol. The second kappa shape index (κ2) is 6.19. The van der Waals surface area contributed by atoms with Gasteiger partial charge >= 0.3 is 0 Å². The number of hydrogen-bond donors (Lipinski definition) is 1. The summed E-state index contributed by atoms with van der Waals surface area (Å²) in [6.07, 6.45) is 10.8. The summed E-state index contributed by atoms with van der Waals surface area (Å²) >= 11 is 0. The number of nitrogens with one attached hydrogen (secondary N) is 1. The van der Waals surface area contributed by atoms with E-state index in [1.807, 2.05) is 0 Å². The maximum Gasteiger partial charge on any atom is 0.226 e. The minimum absolute atomic E-state index is 0.280. The molecule has 0 bridgehead atoms. The van der Waals surface area contributed by atoms with E-state index in [0.717, 1.165) is 25.8 Å². The SMILES string of the molecule is O=C(C1CCCCC1)N1CCc2c([nH]c3ccccc23)C1C1CCC1. The summed E-state index contributed by atoms with van der Waals surface area (Å²) in [5, 5.41) is 1.37. The molecule has 3 heteroatoms. The highest BCUT2D eigenvalue weighted by Gasteiger charge is 2.42. The Labute approximate surface area is 149 Å². The average molecular weight is 336 g/mol. The van der Waals surface area contributed by atoms with E-state index < -0.39 is 0 Å². The third kappa shape index (κ3) is 2.51. The van der Waals surface area contributed by atoms with Gasteiger partial charge in [-0.05, 0) is 49.7 Å². The van der Waals surface area contributed by atoms with Crippen molar-refractivity contribution in [2.75, 3.05) is 6.54 Å². The molecule has 0 saturated heterocycles. The minimum Gasteiger partial charge on any atom is -0.356 e. The van der Waals surface area contributed by atoms with Crippen LogP contribution in [0.5, 0.6) is 0 Å². The van der Waals surface area contributed by atoms with E-state index in [1.165, 1.54) is 60.7 Å². The van der Waals surface area contributed by atoms with Gasteiger partial charge in [-0.25, -0.2) is 0 Å². The first kappa shape index (κ1) is 15.5. The molecule has 2 saturated carbocycles. The normalized spacial score (nSPS) is 25.0. The Hall–Kier alpha value is -1.77. The second-order valence-corrected chi connectivity index (χ2v) is 8.32. The van der Waals surface area contributed by atoms with Gasteiger partial charge in [-0.15, -0.1) is 0 Å². The number of carbonyl (C=O) groups is 1. The Morgan fingerprint density at radius 1 is 1.00 bits per heavy atom.